The lowest BCUT2D eigenvalue weighted by Gasteiger charge is -2.06. The maximum absolute atomic E-state index is 12.8. The lowest BCUT2D eigenvalue weighted by atomic mass is 10.2. The van der Waals surface area contributed by atoms with Gasteiger partial charge >= 0.3 is 12.1 Å². The molecule has 0 saturated carbocycles. The molecule has 0 saturated heterocycles. The van der Waals surface area contributed by atoms with Crippen molar-refractivity contribution in [2.24, 2.45) is 0 Å². The van der Waals surface area contributed by atoms with Crippen LogP contribution in [0.4, 0.5) is 13.2 Å². The highest BCUT2D eigenvalue weighted by Crippen LogP contribution is 2.29. The molecule has 0 unspecified atom stereocenters. The van der Waals surface area contributed by atoms with Gasteiger partial charge in [-0.3, -0.25) is 9.48 Å². The molecular weight excluding hydrogens is 443 g/mol. The van der Waals surface area contributed by atoms with E-state index in [-0.39, 0.29) is 24.7 Å². The van der Waals surface area contributed by atoms with Crippen LogP contribution in [0.15, 0.2) is 30.7 Å². The molecule has 3 aromatic heterocycles. The first-order valence-electron chi connectivity index (χ1n) is 10.4. The van der Waals surface area contributed by atoms with Crippen LogP contribution in [0.2, 0.25) is 0 Å². The van der Waals surface area contributed by atoms with Gasteiger partial charge in [0.05, 0.1) is 25.2 Å². The number of ether oxygens (including phenoxy) is 2. The molecule has 3 rings (SSSR count). The SMILES string of the molecule is CCOc1nn(-c2ccc(C(F)(F)F)cn2)cc1CCCOc1nn(CC)cc1CC(=O)O. The summed E-state index contributed by atoms with van der Waals surface area (Å²) < 4.78 is 52.5. The van der Waals surface area contributed by atoms with E-state index in [4.69, 9.17) is 14.6 Å². The van der Waals surface area contributed by atoms with Gasteiger partial charge in [0, 0.05) is 36.3 Å². The highest BCUT2D eigenvalue weighted by Gasteiger charge is 2.30. The number of halogens is 3. The zero-order valence-corrected chi connectivity index (χ0v) is 18.2. The summed E-state index contributed by atoms with van der Waals surface area (Å²) in [6.07, 6.45) is 0.483. The van der Waals surface area contributed by atoms with Gasteiger partial charge in [-0.25, -0.2) is 9.67 Å². The number of pyridine rings is 1. The zero-order valence-electron chi connectivity index (χ0n) is 18.2. The summed E-state index contributed by atoms with van der Waals surface area (Å²) in [5, 5.41) is 17.6. The third-order valence-electron chi connectivity index (χ3n) is 4.64. The van der Waals surface area contributed by atoms with Crippen molar-refractivity contribution in [3.05, 3.63) is 47.4 Å². The van der Waals surface area contributed by atoms with Crippen molar-refractivity contribution in [3.63, 3.8) is 0 Å². The predicted octanol–water partition coefficient (Wildman–Crippen LogP) is 3.54. The molecule has 0 radical (unpaired) electrons. The predicted molar refractivity (Wildman–Crippen MR) is 111 cm³/mol. The van der Waals surface area contributed by atoms with Crippen molar-refractivity contribution in [1.82, 2.24) is 24.5 Å². The Balaban J connectivity index is 1.66. The number of carboxylic acids is 1. The van der Waals surface area contributed by atoms with Gasteiger partial charge in [0.15, 0.2) is 5.82 Å². The van der Waals surface area contributed by atoms with Crippen LogP contribution in [0, 0.1) is 0 Å². The Kier molecular flexibility index (Phi) is 7.56. The molecule has 3 aromatic rings. The Labute approximate surface area is 187 Å². The topological polar surface area (TPSA) is 104 Å². The number of hydrogen-bond donors (Lipinski definition) is 1. The van der Waals surface area contributed by atoms with Crippen molar-refractivity contribution in [2.75, 3.05) is 13.2 Å². The van der Waals surface area contributed by atoms with Gasteiger partial charge in [-0.1, -0.05) is 0 Å². The van der Waals surface area contributed by atoms with E-state index in [9.17, 15) is 18.0 Å². The van der Waals surface area contributed by atoms with Crippen LogP contribution >= 0.6 is 0 Å². The van der Waals surface area contributed by atoms with Crippen LogP contribution in [0.5, 0.6) is 11.8 Å². The van der Waals surface area contributed by atoms with Gasteiger partial charge in [-0.2, -0.15) is 13.2 Å². The van der Waals surface area contributed by atoms with Gasteiger partial charge < -0.3 is 14.6 Å². The van der Waals surface area contributed by atoms with Crippen molar-refractivity contribution in [2.45, 2.75) is 45.8 Å². The Morgan fingerprint density at radius 1 is 1.09 bits per heavy atom. The van der Waals surface area contributed by atoms with Crippen LogP contribution in [-0.2, 0) is 30.4 Å². The Morgan fingerprint density at radius 2 is 1.85 bits per heavy atom. The number of rotatable bonds is 11. The van der Waals surface area contributed by atoms with Crippen LogP contribution in [0.3, 0.4) is 0 Å². The normalized spacial score (nSPS) is 11.5. The standard InChI is InChI=1S/C21H24F3N5O4/c1-3-28-12-15(10-18(30)31)20(26-28)33-9-5-6-14-13-29(27-19(14)32-4-2)17-8-7-16(11-25-17)21(22,23)24/h7-8,11-13H,3-6,9-10H2,1-2H3,(H,30,31). The monoisotopic (exact) mass is 467 g/mol. The van der Waals surface area contributed by atoms with Crippen molar-refractivity contribution < 1.29 is 32.5 Å². The first kappa shape index (κ1) is 24.1. The van der Waals surface area contributed by atoms with E-state index in [1.165, 1.54) is 10.7 Å². The molecule has 0 aromatic carbocycles. The number of aliphatic carboxylic acids is 1. The van der Waals surface area contributed by atoms with E-state index in [1.807, 2.05) is 6.92 Å². The van der Waals surface area contributed by atoms with Crippen LogP contribution in [0.1, 0.15) is 37.0 Å². The average molecular weight is 467 g/mol. The second kappa shape index (κ2) is 10.4. The summed E-state index contributed by atoms with van der Waals surface area (Å²) >= 11 is 0. The molecule has 0 aliphatic carbocycles. The third kappa shape index (κ3) is 6.24. The quantitative estimate of drug-likeness (QED) is 0.430. The average Bonchev–Trinajstić information content (AvgIpc) is 3.34. The summed E-state index contributed by atoms with van der Waals surface area (Å²) in [5.41, 5.74) is 0.404. The molecule has 0 aliphatic heterocycles. The van der Waals surface area contributed by atoms with Crippen molar-refractivity contribution in [1.29, 1.82) is 0 Å². The summed E-state index contributed by atoms with van der Waals surface area (Å²) in [6, 6.07) is 2.19. The van der Waals surface area contributed by atoms with Gasteiger partial charge in [-0.05, 0) is 38.8 Å². The van der Waals surface area contributed by atoms with Gasteiger partial charge in [-0.15, -0.1) is 10.2 Å². The Hall–Kier alpha value is -3.57. The minimum Gasteiger partial charge on any atom is -0.481 e. The molecule has 0 aliphatic rings. The summed E-state index contributed by atoms with van der Waals surface area (Å²) in [4.78, 5) is 14.9. The number of nitrogens with zero attached hydrogens (tertiary/aromatic N) is 5. The van der Waals surface area contributed by atoms with E-state index < -0.39 is 17.7 Å². The van der Waals surface area contributed by atoms with Crippen LogP contribution in [-0.4, -0.2) is 48.8 Å². The number of carboxylic acid groups (broad SMARTS) is 1. The lowest BCUT2D eigenvalue weighted by Crippen LogP contribution is -2.07. The van der Waals surface area contributed by atoms with Crippen LogP contribution < -0.4 is 9.47 Å². The third-order valence-corrected chi connectivity index (χ3v) is 4.64. The summed E-state index contributed by atoms with van der Waals surface area (Å²) in [5.74, 6) is -0.0917. The lowest BCUT2D eigenvalue weighted by molar-refractivity contribution is -0.138. The van der Waals surface area contributed by atoms with Gasteiger partial charge in [0.2, 0.25) is 11.8 Å². The van der Waals surface area contributed by atoms with E-state index in [0.29, 0.717) is 37.4 Å². The maximum atomic E-state index is 12.8. The fourth-order valence-corrected chi connectivity index (χ4v) is 3.07. The Bertz CT molecular complexity index is 1080. The summed E-state index contributed by atoms with van der Waals surface area (Å²) in [6.45, 7) is 4.93. The number of carbonyl (C=O) groups is 1. The molecule has 9 nitrogen and oxygen atoms in total. The molecule has 3 heterocycles. The van der Waals surface area contributed by atoms with E-state index >= 15 is 0 Å². The minimum absolute atomic E-state index is 0.184. The first-order chi connectivity index (χ1) is 15.7. The molecule has 0 fully saturated rings. The molecule has 0 atom stereocenters. The van der Waals surface area contributed by atoms with Gasteiger partial charge in [0.25, 0.3) is 0 Å². The largest absolute Gasteiger partial charge is 0.481 e. The molecule has 178 valence electrons. The van der Waals surface area contributed by atoms with Gasteiger partial charge in [0.1, 0.15) is 0 Å². The highest BCUT2D eigenvalue weighted by molar-refractivity contribution is 5.70. The molecule has 0 amide bonds. The zero-order chi connectivity index (χ0) is 24.0. The fraction of sp³-hybridized carbons (Fsp3) is 0.429. The van der Waals surface area contributed by atoms with Crippen LogP contribution in [0.25, 0.3) is 5.82 Å². The molecule has 1 N–H and O–H groups in total. The molecule has 0 bridgehead atoms. The van der Waals surface area contributed by atoms with Crippen molar-refractivity contribution in [3.8, 4) is 17.6 Å². The second-order valence-corrected chi connectivity index (χ2v) is 7.08. The number of hydrogen-bond acceptors (Lipinski definition) is 6. The van der Waals surface area contributed by atoms with E-state index in [2.05, 4.69) is 15.2 Å². The first-order valence-corrected chi connectivity index (χ1v) is 10.4. The number of aryl methyl sites for hydroxylation is 2. The smallest absolute Gasteiger partial charge is 0.417 e. The number of aromatic nitrogens is 5. The molecule has 0 spiro atoms. The highest BCUT2D eigenvalue weighted by atomic mass is 19.4. The molecule has 12 heteroatoms. The van der Waals surface area contributed by atoms with Crippen molar-refractivity contribution >= 4 is 5.97 Å². The summed E-state index contributed by atoms with van der Waals surface area (Å²) in [7, 11) is 0. The van der Waals surface area contributed by atoms with E-state index in [1.54, 1.807) is 24.0 Å². The number of alkyl halides is 3. The molecular formula is C21H24F3N5O4. The van der Waals surface area contributed by atoms with E-state index in [0.717, 1.165) is 17.8 Å². The second-order valence-electron chi connectivity index (χ2n) is 7.08. The Morgan fingerprint density at radius 3 is 2.45 bits per heavy atom. The molecule has 33 heavy (non-hydrogen) atoms. The fourth-order valence-electron chi connectivity index (χ4n) is 3.07. The minimum atomic E-state index is -4.46. The maximum Gasteiger partial charge on any atom is 0.417 e.